The number of hydrogen-bond donors (Lipinski definition) is 5. The summed E-state index contributed by atoms with van der Waals surface area (Å²) in [5, 5.41) is 39.2. The molecule has 4 atom stereocenters. The highest BCUT2D eigenvalue weighted by atomic mass is 32.2. The molecule has 1 saturated heterocycles. The van der Waals surface area contributed by atoms with Crippen molar-refractivity contribution in [3.63, 3.8) is 0 Å². The van der Waals surface area contributed by atoms with Gasteiger partial charge in [-0.1, -0.05) is 0 Å². The lowest BCUT2D eigenvalue weighted by molar-refractivity contribution is -0.0777. The molecular weight excluding hydrogens is 194 g/mol. The minimum Gasteiger partial charge on any atom is -0.394 e. The fraction of sp³-hybridized carbons (Fsp3) is 1.00. The van der Waals surface area contributed by atoms with E-state index >= 15 is 0 Å². The maximum Gasteiger partial charge on any atom is 0.110 e. The van der Waals surface area contributed by atoms with Crippen LogP contribution in [0.4, 0.5) is 0 Å². The second kappa shape index (κ2) is 5.14. The first-order valence-electron chi connectivity index (χ1n) is 4.17. The van der Waals surface area contributed by atoms with Crippen molar-refractivity contribution in [3.8, 4) is 0 Å². The quantitative estimate of drug-likeness (QED) is 0.358. The summed E-state index contributed by atoms with van der Waals surface area (Å²) in [6.07, 6.45) is -3.62. The molecule has 1 heterocycles. The first-order valence-corrected chi connectivity index (χ1v) is 5.21. The minimum absolute atomic E-state index is 0.254. The molecule has 0 aromatic rings. The topological polar surface area (TPSA) is 93.0 Å². The third kappa shape index (κ3) is 2.80. The van der Waals surface area contributed by atoms with Crippen LogP contribution in [0.5, 0.6) is 0 Å². The predicted octanol–water partition coefficient (Wildman–Crippen LogP) is -2.28. The summed E-state index contributed by atoms with van der Waals surface area (Å²) in [4.78, 5) is 0. The van der Waals surface area contributed by atoms with Crippen LogP contribution in [0.25, 0.3) is 0 Å². The molecule has 0 spiro atoms. The van der Waals surface area contributed by atoms with Crippen LogP contribution in [-0.2, 0) is 0 Å². The van der Waals surface area contributed by atoms with E-state index in [0.29, 0.717) is 0 Å². The molecular formula is C7H15NO4S. The first-order chi connectivity index (χ1) is 6.16. The van der Waals surface area contributed by atoms with Crippen molar-refractivity contribution in [2.45, 2.75) is 23.7 Å². The number of thioether (sulfide) groups is 1. The molecule has 1 rings (SSSR count). The SMILES string of the molecule is OC[C@H](O)[C@H](O)[C@@H](O)[C@H]1NCCS1. The Morgan fingerprint density at radius 2 is 2.08 bits per heavy atom. The lowest BCUT2D eigenvalue weighted by Crippen LogP contribution is -2.47. The highest BCUT2D eigenvalue weighted by molar-refractivity contribution is 8.00. The third-order valence-corrected chi connectivity index (χ3v) is 3.23. The molecule has 1 aliphatic rings. The molecule has 0 aliphatic carbocycles. The molecule has 0 amide bonds. The summed E-state index contributed by atoms with van der Waals surface area (Å²) in [6, 6.07) is 0. The van der Waals surface area contributed by atoms with Crippen molar-refractivity contribution >= 4 is 11.8 Å². The van der Waals surface area contributed by atoms with Crippen LogP contribution >= 0.6 is 11.8 Å². The van der Waals surface area contributed by atoms with E-state index in [-0.39, 0.29) is 5.37 Å². The van der Waals surface area contributed by atoms with E-state index in [9.17, 15) is 10.2 Å². The zero-order chi connectivity index (χ0) is 9.84. The molecule has 6 heteroatoms. The van der Waals surface area contributed by atoms with Gasteiger partial charge >= 0.3 is 0 Å². The monoisotopic (exact) mass is 209 g/mol. The summed E-state index contributed by atoms with van der Waals surface area (Å²) < 4.78 is 0. The van der Waals surface area contributed by atoms with Crippen LogP contribution in [0.3, 0.4) is 0 Å². The zero-order valence-corrected chi connectivity index (χ0v) is 7.94. The molecule has 1 fully saturated rings. The van der Waals surface area contributed by atoms with Gasteiger partial charge in [-0.05, 0) is 0 Å². The zero-order valence-electron chi connectivity index (χ0n) is 7.13. The second-order valence-corrected chi connectivity index (χ2v) is 4.23. The van der Waals surface area contributed by atoms with Crippen LogP contribution in [0.1, 0.15) is 0 Å². The van der Waals surface area contributed by atoms with Gasteiger partial charge < -0.3 is 25.7 Å². The van der Waals surface area contributed by atoms with Gasteiger partial charge in [0, 0.05) is 12.3 Å². The first kappa shape index (κ1) is 11.2. The second-order valence-electron chi connectivity index (χ2n) is 2.98. The van der Waals surface area contributed by atoms with Gasteiger partial charge in [-0.3, -0.25) is 0 Å². The third-order valence-electron chi connectivity index (χ3n) is 1.99. The summed E-state index contributed by atoms with van der Waals surface area (Å²) in [6.45, 7) is 0.240. The summed E-state index contributed by atoms with van der Waals surface area (Å²) in [5.74, 6) is 0.879. The average Bonchev–Trinajstić information content (AvgIpc) is 2.67. The fourth-order valence-corrected chi connectivity index (χ4v) is 2.26. The highest BCUT2D eigenvalue weighted by Crippen LogP contribution is 2.20. The van der Waals surface area contributed by atoms with Crippen LogP contribution in [0, 0.1) is 0 Å². The van der Waals surface area contributed by atoms with Crippen LogP contribution in [0.2, 0.25) is 0 Å². The Bertz CT molecular complexity index is 153. The molecule has 78 valence electrons. The van der Waals surface area contributed by atoms with Crippen molar-refractivity contribution in [3.05, 3.63) is 0 Å². The van der Waals surface area contributed by atoms with Crippen molar-refractivity contribution in [1.29, 1.82) is 0 Å². The summed E-state index contributed by atoms with van der Waals surface area (Å²) >= 11 is 1.49. The van der Waals surface area contributed by atoms with Gasteiger partial charge in [0.25, 0.3) is 0 Å². The van der Waals surface area contributed by atoms with E-state index in [1.54, 1.807) is 0 Å². The summed E-state index contributed by atoms with van der Waals surface area (Å²) in [5.41, 5.74) is 0. The standard InChI is InChI=1S/C7H15NO4S/c9-3-4(10)5(11)6(12)7-8-1-2-13-7/h4-12H,1-3H2/t4-,5-,6+,7-/m0/s1. The van der Waals surface area contributed by atoms with Crippen molar-refractivity contribution in [2.24, 2.45) is 0 Å². The summed E-state index contributed by atoms with van der Waals surface area (Å²) in [7, 11) is 0. The Kier molecular flexibility index (Phi) is 4.43. The van der Waals surface area contributed by atoms with E-state index in [4.69, 9.17) is 10.2 Å². The van der Waals surface area contributed by atoms with E-state index in [2.05, 4.69) is 5.32 Å². The van der Waals surface area contributed by atoms with Gasteiger partial charge in [-0.2, -0.15) is 0 Å². The van der Waals surface area contributed by atoms with Gasteiger partial charge in [0.1, 0.15) is 18.3 Å². The minimum atomic E-state index is -1.30. The van der Waals surface area contributed by atoms with E-state index in [1.165, 1.54) is 11.8 Å². The highest BCUT2D eigenvalue weighted by Gasteiger charge is 2.32. The molecule has 1 aliphatic heterocycles. The molecule has 5 nitrogen and oxygen atoms in total. The Labute approximate surface area is 80.8 Å². The number of rotatable bonds is 4. The fourth-order valence-electron chi connectivity index (χ4n) is 1.18. The predicted molar refractivity (Wildman–Crippen MR) is 49.4 cm³/mol. The largest absolute Gasteiger partial charge is 0.394 e. The number of hydrogen-bond acceptors (Lipinski definition) is 6. The van der Waals surface area contributed by atoms with Gasteiger partial charge in [0.2, 0.25) is 0 Å². The Morgan fingerprint density at radius 3 is 2.54 bits per heavy atom. The van der Waals surface area contributed by atoms with Gasteiger partial charge in [-0.15, -0.1) is 11.8 Å². The van der Waals surface area contributed by atoms with Crippen molar-refractivity contribution in [2.75, 3.05) is 18.9 Å². The maximum atomic E-state index is 9.51. The maximum absolute atomic E-state index is 9.51. The Morgan fingerprint density at radius 1 is 1.38 bits per heavy atom. The molecule has 0 unspecified atom stereocenters. The number of aliphatic hydroxyl groups is 4. The van der Waals surface area contributed by atoms with Gasteiger partial charge in [0.15, 0.2) is 0 Å². The van der Waals surface area contributed by atoms with Gasteiger partial charge in [-0.25, -0.2) is 0 Å². The Hall–Kier alpha value is 0.150. The number of nitrogens with one attached hydrogen (secondary N) is 1. The van der Waals surface area contributed by atoms with Crippen LogP contribution in [0.15, 0.2) is 0 Å². The smallest absolute Gasteiger partial charge is 0.110 e. The molecule has 0 aromatic carbocycles. The van der Waals surface area contributed by atoms with E-state index in [1.807, 2.05) is 0 Å². The lowest BCUT2D eigenvalue weighted by atomic mass is 10.1. The lowest BCUT2D eigenvalue weighted by Gasteiger charge is -2.25. The Balaban J connectivity index is 2.40. The van der Waals surface area contributed by atoms with Gasteiger partial charge in [0.05, 0.1) is 12.0 Å². The molecule has 5 N–H and O–H groups in total. The van der Waals surface area contributed by atoms with E-state index < -0.39 is 24.9 Å². The van der Waals surface area contributed by atoms with Crippen LogP contribution < -0.4 is 5.32 Å². The van der Waals surface area contributed by atoms with Crippen LogP contribution in [-0.4, -0.2) is 63.0 Å². The molecule has 0 aromatic heterocycles. The van der Waals surface area contributed by atoms with Crippen molar-refractivity contribution < 1.29 is 20.4 Å². The molecule has 0 saturated carbocycles. The molecule has 13 heavy (non-hydrogen) atoms. The molecule has 0 radical (unpaired) electrons. The number of aliphatic hydroxyl groups excluding tert-OH is 4. The average molecular weight is 209 g/mol. The van der Waals surface area contributed by atoms with Crippen molar-refractivity contribution in [1.82, 2.24) is 5.32 Å². The molecule has 0 bridgehead atoms. The van der Waals surface area contributed by atoms with E-state index in [0.717, 1.165) is 12.3 Å². The normalized spacial score (nSPS) is 30.0.